The molecule has 0 aromatic carbocycles. The lowest BCUT2D eigenvalue weighted by molar-refractivity contribution is -0.143. The second-order valence-electron chi connectivity index (χ2n) is 6.02. The van der Waals surface area contributed by atoms with Crippen LogP contribution in [-0.4, -0.2) is 71.8 Å². The largest absolute Gasteiger partial charge is 0.480 e. The van der Waals surface area contributed by atoms with E-state index in [9.17, 15) is 9.90 Å². The molecule has 3 aliphatic rings. The molecule has 0 spiro atoms. The van der Waals surface area contributed by atoms with Gasteiger partial charge in [-0.25, -0.2) is 0 Å². The van der Waals surface area contributed by atoms with Gasteiger partial charge >= 0.3 is 5.97 Å². The first kappa shape index (κ1) is 13.3. The number of piperidine rings is 1. The van der Waals surface area contributed by atoms with Crippen LogP contribution in [0.15, 0.2) is 0 Å². The van der Waals surface area contributed by atoms with Gasteiger partial charge in [-0.2, -0.15) is 0 Å². The number of carboxylic acids is 1. The van der Waals surface area contributed by atoms with E-state index >= 15 is 0 Å². The van der Waals surface area contributed by atoms with Crippen LogP contribution < -0.4 is 0 Å². The Balaban J connectivity index is 1.53. The second kappa shape index (κ2) is 5.77. The SMILES string of the molecule is O=C(O)C1CCCN1C1CCN(C2CCOC2)CC1. The van der Waals surface area contributed by atoms with Crippen LogP contribution in [0.4, 0.5) is 0 Å². The lowest BCUT2D eigenvalue weighted by Gasteiger charge is -2.40. The van der Waals surface area contributed by atoms with Gasteiger partial charge in [0, 0.05) is 31.8 Å². The minimum absolute atomic E-state index is 0.230. The zero-order valence-electron chi connectivity index (χ0n) is 11.5. The lowest BCUT2D eigenvalue weighted by atomic mass is 10.0. The summed E-state index contributed by atoms with van der Waals surface area (Å²) >= 11 is 0. The minimum atomic E-state index is -0.635. The summed E-state index contributed by atoms with van der Waals surface area (Å²) in [6.45, 7) is 4.95. The summed E-state index contributed by atoms with van der Waals surface area (Å²) in [7, 11) is 0. The monoisotopic (exact) mass is 268 g/mol. The fourth-order valence-electron chi connectivity index (χ4n) is 3.88. The molecule has 0 radical (unpaired) electrons. The Labute approximate surface area is 114 Å². The van der Waals surface area contributed by atoms with E-state index in [4.69, 9.17) is 4.74 Å². The van der Waals surface area contributed by atoms with Crippen molar-refractivity contribution < 1.29 is 14.6 Å². The third kappa shape index (κ3) is 2.78. The van der Waals surface area contributed by atoms with E-state index in [2.05, 4.69) is 9.80 Å². The van der Waals surface area contributed by atoms with E-state index < -0.39 is 5.97 Å². The van der Waals surface area contributed by atoms with Gasteiger partial charge in [0.15, 0.2) is 0 Å². The molecule has 3 heterocycles. The number of nitrogens with zero attached hydrogens (tertiary/aromatic N) is 2. The summed E-state index contributed by atoms with van der Waals surface area (Å²) in [5.74, 6) is -0.635. The van der Waals surface area contributed by atoms with Crippen LogP contribution in [0.3, 0.4) is 0 Å². The predicted molar refractivity (Wildman–Crippen MR) is 71.2 cm³/mol. The van der Waals surface area contributed by atoms with Crippen LogP contribution in [-0.2, 0) is 9.53 Å². The number of ether oxygens (including phenoxy) is 1. The standard InChI is InChI=1S/C14H24N2O3/c17-14(18)13-2-1-6-16(13)11-3-7-15(8-4-11)12-5-9-19-10-12/h11-13H,1-10H2,(H,17,18). The molecule has 19 heavy (non-hydrogen) atoms. The van der Waals surface area contributed by atoms with Crippen molar-refractivity contribution in [2.45, 2.75) is 50.2 Å². The molecule has 3 rings (SSSR count). The number of hydrogen-bond acceptors (Lipinski definition) is 4. The molecule has 2 unspecified atom stereocenters. The van der Waals surface area contributed by atoms with Crippen molar-refractivity contribution in [2.75, 3.05) is 32.8 Å². The Morgan fingerprint density at radius 2 is 1.84 bits per heavy atom. The molecule has 0 aliphatic carbocycles. The summed E-state index contributed by atoms with van der Waals surface area (Å²) < 4.78 is 5.46. The Kier molecular flexibility index (Phi) is 4.05. The molecule has 3 saturated heterocycles. The van der Waals surface area contributed by atoms with Gasteiger partial charge in [0.2, 0.25) is 0 Å². The first-order chi connectivity index (χ1) is 9.25. The van der Waals surface area contributed by atoms with Crippen molar-refractivity contribution in [1.82, 2.24) is 9.80 Å². The normalized spacial score (nSPS) is 34.9. The van der Waals surface area contributed by atoms with Gasteiger partial charge in [0.1, 0.15) is 6.04 Å². The topological polar surface area (TPSA) is 53.0 Å². The van der Waals surface area contributed by atoms with Crippen molar-refractivity contribution in [3.8, 4) is 0 Å². The van der Waals surface area contributed by atoms with Gasteiger partial charge < -0.3 is 9.84 Å². The summed E-state index contributed by atoms with van der Waals surface area (Å²) in [6.07, 6.45) is 5.24. The highest BCUT2D eigenvalue weighted by Gasteiger charge is 2.37. The molecule has 0 saturated carbocycles. The zero-order chi connectivity index (χ0) is 13.2. The summed E-state index contributed by atoms with van der Waals surface area (Å²) in [6, 6.07) is 0.850. The van der Waals surface area contributed by atoms with Crippen molar-refractivity contribution >= 4 is 5.97 Å². The zero-order valence-corrected chi connectivity index (χ0v) is 11.5. The molecule has 0 aromatic heterocycles. The van der Waals surface area contributed by atoms with Crippen LogP contribution in [0, 0.1) is 0 Å². The maximum Gasteiger partial charge on any atom is 0.320 e. The Morgan fingerprint density at radius 3 is 2.47 bits per heavy atom. The maximum atomic E-state index is 11.3. The quantitative estimate of drug-likeness (QED) is 0.820. The summed E-state index contributed by atoms with van der Waals surface area (Å²) in [5, 5.41) is 9.27. The molecule has 3 fully saturated rings. The third-order valence-electron chi connectivity index (χ3n) is 4.97. The number of hydrogen-bond donors (Lipinski definition) is 1. The van der Waals surface area contributed by atoms with E-state index in [1.807, 2.05) is 0 Å². The number of rotatable bonds is 3. The van der Waals surface area contributed by atoms with Crippen molar-refractivity contribution in [2.24, 2.45) is 0 Å². The van der Waals surface area contributed by atoms with E-state index in [0.717, 1.165) is 65.0 Å². The first-order valence-corrected chi connectivity index (χ1v) is 7.56. The number of likely N-dealkylation sites (tertiary alicyclic amines) is 2. The molecular weight excluding hydrogens is 244 g/mol. The van der Waals surface area contributed by atoms with E-state index in [1.165, 1.54) is 0 Å². The van der Waals surface area contributed by atoms with Crippen LogP contribution in [0.2, 0.25) is 0 Å². The van der Waals surface area contributed by atoms with E-state index in [-0.39, 0.29) is 6.04 Å². The molecule has 5 nitrogen and oxygen atoms in total. The molecular formula is C14H24N2O3. The minimum Gasteiger partial charge on any atom is -0.480 e. The Morgan fingerprint density at radius 1 is 1.05 bits per heavy atom. The van der Waals surface area contributed by atoms with E-state index in [0.29, 0.717) is 12.1 Å². The second-order valence-corrected chi connectivity index (χ2v) is 6.02. The number of carboxylic acid groups (broad SMARTS) is 1. The third-order valence-corrected chi connectivity index (χ3v) is 4.97. The van der Waals surface area contributed by atoms with Gasteiger partial charge in [-0.1, -0.05) is 0 Å². The average Bonchev–Trinajstić information content (AvgIpc) is 3.10. The predicted octanol–water partition coefficient (Wildman–Crippen LogP) is 0.789. The molecule has 0 bridgehead atoms. The molecule has 1 N–H and O–H groups in total. The van der Waals surface area contributed by atoms with Gasteiger partial charge in [-0.05, 0) is 38.6 Å². The maximum absolute atomic E-state index is 11.3. The molecule has 0 aromatic rings. The smallest absolute Gasteiger partial charge is 0.320 e. The highest BCUT2D eigenvalue weighted by atomic mass is 16.5. The fraction of sp³-hybridized carbons (Fsp3) is 0.929. The molecule has 0 amide bonds. The summed E-state index contributed by atoms with van der Waals surface area (Å²) in [5.41, 5.74) is 0. The molecule has 108 valence electrons. The lowest BCUT2D eigenvalue weighted by Crippen LogP contribution is -2.51. The van der Waals surface area contributed by atoms with Crippen LogP contribution >= 0.6 is 0 Å². The molecule has 3 aliphatic heterocycles. The van der Waals surface area contributed by atoms with Crippen LogP contribution in [0.1, 0.15) is 32.1 Å². The van der Waals surface area contributed by atoms with Crippen molar-refractivity contribution in [1.29, 1.82) is 0 Å². The molecule has 2 atom stereocenters. The van der Waals surface area contributed by atoms with Crippen LogP contribution in [0.25, 0.3) is 0 Å². The van der Waals surface area contributed by atoms with Crippen molar-refractivity contribution in [3.63, 3.8) is 0 Å². The van der Waals surface area contributed by atoms with E-state index in [1.54, 1.807) is 0 Å². The summed E-state index contributed by atoms with van der Waals surface area (Å²) in [4.78, 5) is 16.0. The Hall–Kier alpha value is -0.650. The molecule has 5 heteroatoms. The highest BCUT2D eigenvalue weighted by molar-refractivity contribution is 5.73. The number of carbonyl (C=O) groups is 1. The van der Waals surface area contributed by atoms with Gasteiger partial charge in [0.05, 0.1) is 6.61 Å². The van der Waals surface area contributed by atoms with Gasteiger partial charge in [0.25, 0.3) is 0 Å². The van der Waals surface area contributed by atoms with Gasteiger partial charge in [-0.3, -0.25) is 14.6 Å². The Bertz CT molecular complexity index is 323. The first-order valence-electron chi connectivity index (χ1n) is 7.56. The highest BCUT2D eigenvalue weighted by Crippen LogP contribution is 2.27. The fourth-order valence-corrected chi connectivity index (χ4v) is 3.88. The van der Waals surface area contributed by atoms with Crippen molar-refractivity contribution in [3.05, 3.63) is 0 Å². The average molecular weight is 268 g/mol. The van der Waals surface area contributed by atoms with Crippen LogP contribution in [0.5, 0.6) is 0 Å². The van der Waals surface area contributed by atoms with Gasteiger partial charge in [-0.15, -0.1) is 0 Å². The number of aliphatic carboxylic acids is 1.